The second kappa shape index (κ2) is 5.52. The van der Waals surface area contributed by atoms with Gasteiger partial charge in [0.2, 0.25) is 0 Å². The van der Waals surface area contributed by atoms with Crippen molar-refractivity contribution in [1.29, 1.82) is 0 Å². The van der Waals surface area contributed by atoms with Gasteiger partial charge in [-0.2, -0.15) is 0 Å². The minimum atomic E-state index is 0.0329. The van der Waals surface area contributed by atoms with Gasteiger partial charge in [0.05, 0.1) is 6.10 Å². The van der Waals surface area contributed by atoms with Crippen LogP contribution >= 0.6 is 0 Å². The maximum atomic E-state index is 5.80. The quantitative estimate of drug-likeness (QED) is 0.646. The van der Waals surface area contributed by atoms with Crippen LogP contribution < -0.4 is 0 Å². The van der Waals surface area contributed by atoms with Crippen LogP contribution in [0.4, 0.5) is 0 Å². The zero-order chi connectivity index (χ0) is 10.6. The van der Waals surface area contributed by atoms with E-state index in [1.807, 2.05) is 6.92 Å². The molecule has 0 aromatic carbocycles. The molecule has 0 aromatic heterocycles. The molecule has 0 amide bonds. The van der Waals surface area contributed by atoms with Gasteiger partial charge in [-0.3, -0.25) is 0 Å². The van der Waals surface area contributed by atoms with E-state index < -0.39 is 0 Å². The Morgan fingerprint density at radius 3 is 2.79 bits per heavy atom. The highest BCUT2D eigenvalue weighted by molar-refractivity contribution is 4.96. The summed E-state index contributed by atoms with van der Waals surface area (Å²) in [5, 5.41) is 0. The van der Waals surface area contributed by atoms with Gasteiger partial charge in [0.25, 0.3) is 0 Å². The largest absolute Gasteiger partial charge is 0.353 e. The first-order valence-corrected chi connectivity index (χ1v) is 5.54. The van der Waals surface area contributed by atoms with Gasteiger partial charge in [0.15, 0.2) is 6.29 Å². The molecule has 0 N–H and O–H groups in total. The molecule has 0 bridgehead atoms. The first-order chi connectivity index (χ1) is 6.63. The summed E-state index contributed by atoms with van der Waals surface area (Å²) in [5.74, 6) is 0.613. The van der Waals surface area contributed by atoms with Crippen molar-refractivity contribution in [3.05, 3.63) is 11.6 Å². The van der Waals surface area contributed by atoms with Crippen LogP contribution in [-0.2, 0) is 9.47 Å². The highest BCUT2D eigenvalue weighted by atomic mass is 16.7. The van der Waals surface area contributed by atoms with Gasteiger partial charge in [-0.05, 0) is 33.1 Å². The van der Waals surface area contributed by atoms with Crippen molar-refractivity contribution in [2.45, 2.75) is 52.9 Å². The van der Waals surface area contributed by atoms with E-state index in [0.29, 0.717) is 12.0 Å². The molecule has 1 heterocycles. The molecule has 14 heavy (non-hydrogen) atoms. The molecule has 1 aliphatic heterocycles. The van der Waals surface area contributed by atoms with Crippen LogP contribution in [-0.4, -0.2) is 19.0 Å². The SMILES string of the molecule is CCOC1C[C@@H](C)[C@H](CC=C(C)C)O1. The molecule has 82 valence electrons. The van der Waals surface area contributed by atoms with Gasteiger partial charge in [-0.25, -0.2) is 0 Å². The topological polar surface area (TPSA) is 18.5 Å². The van der Waals surface area contributed by atoms with Gasteiger partial charge in [-0.15, -0.1) is 0 Å². The molecule has 0 spiro atoms. The van der Waals surface area contributed by atoms with Crippen LogP contribution in [0.5, 0.6) is 0 Å². The Kier molecular flexibility index (Phi) is 4.63. The van der Waals surface area contributed by atoms with Crippen LogP contribution in [0, 0.1) is 5.92 Å². The lowest BCUT2D eigenvalue weighted by Crippen LogP contribution is -2.15. The standard InChI is InChI=1S/C12H22O2/c1-5-13-12-8-10(4)11(14-12)7-6-9(2)3/h6,10-12H,5,7-8H2,1-4H3/t10-,11+,12?/m1/s1. The second-order valence-corrected chi connectivity index (χ2v) is 4.29. The Morgan fingerprint density at radius 2 is 2.21 bits per heavy atom. The first kappa shape index (κ1) is 11.7. The number of hydrogen-bond acceptors (Lipinski definition) is 2. The molecular weight excluding hydrogens is 176 g/mol. The number of hydrogen-bond donors (Lipinski definition) is 0. The van der Waals surface area contributed by atoms with Gasteiger partial charge >= 0.3 is 0 Å². The van der Waals surface area contributed by atoms with Crippen molar-refractivity contribution in [2.24, 2.45) is 5.92 Å². The van der Waals surface area contributed by atoms with E-state index in [9.17, 15) is 0 Å². The van der Waals surface area contributed by atoms with Crippen LogP contribution in [0.2, 0.25) is 0 Å². The lowest BCUT2D eigenvalue weighted by atomic mass is 10.0. The predicted molar refractivity (Wildman–Crippen MR) is 58.1 cm³/mol. The summed E-state index contributed by atoms with van der Waals surface area (Å²) in [7, 11) is 0. The molecular formula is C12H22O2. The number of rotatable bonds is 4. The number of allylic oxidation sites excluding steroid dienone is 1. The van der Waals surface area contributed by atoms with Crippen molar-refractivity contribution in [2.75, 3.05) is 6.61 Å². The molecule has 2 nitrogen and oxygen atoms in total. The third-order valence-electron chi connectivity index (χ3n) is 2.64. The fourth-order valence-electron chi connectivity index (χ4n) is 1.77. The molecule has 0 aromatic rings. The maximum Gasteiger partial charge on any atom is 0.158 e. The smallest absolute Gasteiger partial charge is 0.158 e. The average molecular weight is 198 g/mol. The van der Waals surface area contributed by atoms with Gasteiger partial charge < -0.3 is 9.47 Å². The van der Waals surface area contributed by atoms with E-state index in [4.69, 9.17) is 9.47 Å². The van der Waals surface area contributed by atoms with Crippen molar-refractivity contribution in [3.8, 4) is 0 Å². The highest BCUT2D eigenvalue weighted by Crippen LogP contribution is 2.29. The first-order valence-electron chi connectivity index (χ1n) is 5.54. The van der Waals surface area contributed by atoms with Crippen LogP contribution in [0.1, 0.15) is 40.5 Å². The summed E-state index contributed by atoms with van der Waals surface area (Å²) in [6, 6.07) is 0. The van der Waals surface area contributed by atoms with E-state index in [1.54, 1.807) is 0 Å². The Balaban J connectivity index is 2.36. The van der Waals surface area contributed by atoms with Gasteiger partial charge in [0, 0.05) is 13.0 Å². The Morgan fingerprint density at radius 1 is 1.50 bits per heavy atom. The Hall–Kier alpha value is -0.340. The molecule has 0 aliphatic carbocycles. The van der Waals surface area contributed by atoms with Crippen molar-refractivity contribution >= 4 is 0 Å². The molecule has 3 atom stereocenters. The van der Waals surface area contributed by atoms with E-state index in [1.165, 1.54) is 5.57 Å². The molecule has 1 aliphatic rings. The summed E-state index contributed by atoms with van der Waals surface area (Å²) >= 11 is 0. The lowest BCUT2D eigenvalue weighted by Gasteiger charge is -2.13. The van der Waals surface area contributed by atoms with Crippen LogP contribution in [0.3, 0.4) is 0 Å². The maximum absolute atomic E-state index is 5.80. The minimum Gasteiger partial charge on any atom is -0.353 e. The zero-order valence-corrected chi connectivity index (χ0v) is 9.75. The third-order valence-corrected chi connectivity index (χ3v) is 2.64. The van der Waals surface area contributed by atoms with Crippen molar-refractivity contribution in [3.63, 3.8) is 0 Å². The summed E-state index contributed by atoms with van der Waals surface area (Å²) in [6.07, 6.45) is 4.68. The van der Waals surface area contributed by atoms with Crippen molar-refractivity contribution < 1.29 is 9.47 Å². The van der Waals surface area contributed by atoms with Crippen LogP contribution in [0.15, 0.2) is 11.6 Å². The molecule has 0 saturated carbocycles. The second-order valence-electron chi connectivity index (χ2n) is 4.29. The molecule has 1 saturated heterocycles. The Bertz CT molecular complexity index is 194. The van der Waals surface area contributed by atoms with Crippen molar-refractivity contribution in [1.82, 2.24) is 0 Å². The van der Waals surface area contributed by atoms with Crippen LogP contribution in [0.25, 0.3) is 0 Å². The monoisotopic (exact) mass is 198 g/mol. The fraction of sp³-hybridized carbons (Fsp3) is 0.833. The van der Waals surface area contributed by atoms with E-state index in [2.05, 4.69) is 26.8 Å². The molecule has 1 rings (SSSR count). The minimum absolute atomic E-state index is 0.0329. The molecule has 1 unspecified atom stereocenters. The summed E-state index contributed by atoms with van der Waals surface area (Å²) < 4.78 is 11.3. The Labute approximate surface area is 87.3 Å². The summed E-state index contributed by atoms with van der Waals surface area (Å²) in [4.78, 5) is 0. The zero-order valence-electron chi connectivity index (χ0n) is 9.75. The summed E-state index contributed by atoms with van der Waals surface area (Å²) in [5.41, 5.74) is 1.36. The normalized spacial score (nSPS) is 31.9. The fourth-order valence-corrected chi connectivity index (χ4v) is 1.77. The average Bonchev–Trinajstić information content (AvgIpc) is 2.44. The molecule has 0 radical (unpaired) electrons. The molecule has 2 heteroatoms. The van der Waals surface area contributed by atoms with Gasteiger partial charge in [-0.1, -0.05) is 18.6 Å². The number of ether oxygens (including phenoxy) is 2. The molecule has 1 fully saturated rings. The predicted octanol–water partition coefficient (Wildman–Crippen LogP) is 3.13. The third kappa shape index (κ3) is 3.43. The highest BCUT2D eigenvalue weighted by Gasteiger charge is 2.31. The summed E-state index contributed by atoms with van der Waals surface area (Å²) in [6.45, 7) is 9.24. The van der Waals surface area contributed by atoms with E-state index in [0.717, 1.165) is 19.4 Å². The lowest BCUT2D eigenvalue weighted by molar-refractivity contribution is -0.129. The van der Waals surface area contributed by atoms with E-state index >= 15 is 0 Å². The van der Waals surface area contributed by atoms with E-state index in [-0.39, 0.29) is 6.29 Å². The van der Waals surface area contributed by atoms with Gasteiger partial charge in [0.1, 0.15) is 0 Å².